The first-order chi connectivity index (χ1) is 10.3. The number of benzene rings is 1. The molecule has 2 heterocycles. The van der Waals surface area contributed by atoms with E-state index < -0.39 is 0 Å². The third-order valence-electron chi connectivity index (χ3n) is 3.31. The first kappa shape index (κ1) is 13.3. The van der Waals surface area contributed by atoms with Gasteiger partial charge in [-0.05, 0) is 42.0 Å². The highest BCUT2D eigenvalue weighted by Gasteiger charge is 2.05. The fraction of sp³-hybridized carbons (Fsp3) is 0.286. The van der Waals surface area contributed by atoms with Gasteiger partial charge in [0.1, 0.15) is 6.33 Å². The summed E-state index contributed by atoms with van der Waals surface area (Å²) >= 11 is 0. The normalized spacial score (nSPS) is 10.8. The molecule has 7 heteroatoms. The molecular weight excluding hydrogens is 266 g/mol. The first-order valence-electron chi connectivity index (χ1n) is 6.85. The van der Waals surface area contributed by atoms with Gasteiger partial charge >= 0.3 is 0 Å². The molecule has 0 unspecified atom stereocenters. The molecule has 0 saturated carbocycles. The molecule has 7 nitrogen and oxygen atoms in total. The minimum absolute atomic E-state index is 0.734. The summed E-state index contributed by atoms with van der Waals surface area (Å²) in [6, 6.07) is 6.14. The van der Waals surface area contributed by atoms with Crippen molar-refractivity contribution >= 4 is 5.69 Å². The molecule has 0 saturated heterocycles. The lowest BCUT2D eigenvalue weighted by molar-refractivity contribution is 0.659. The Morgan fingerprint density at radius 2 is 2.19 bits per heavy atom. The number of hydrogen-bond donors (Lipinski definition) is 1. The van der Waals surface area contributed by atoms with Crippen LogP contribution in [0, 0.1) is 6.92 Å². The molecule has 21 heavy (non-hydrogen) atoms. The zero-order valence-corrected chi connectivity index (χ0v) is 12.1. The van der Waals surface area contributed by atoms with Crippen LogP contribution in [0.1, 0.15) is 18.1 Å². The van der Waals surface area contributed by atoms with Gasteiger partial charge in [-0.3, -0.25) is 4.68 Å². The molecule has 0 atom stereocenters. The molecule has 108 valence electrons. The SMILES string of the molecule is CCn1cc(CNc2ccc(C)c(-n3cnnn3)c2)cn1. The van der Waals surface area contributed by atoms with Gasteiger partial charge in [-0.25, -0.2) is 4.68 Å². The number of aromatic nitrogens is 6. The summed E-state index contributed by atoms with van der Waals surface area (Å²) in [4.78, 5) is 0. The number of nitrogens with one attached hydrogen (secondary N) is 1. The van der Waals surface area contributed by atoms with Crippen LogP contribution in [-0.4, -0.2) is 30.0 Å². The van der Waals surface area contributed by atoms with Gasteiger partial charge in [-0.15, -0.1) is 5.10 Å². The molecule has 2 aromatic heterocycles. The fourth-order valence-electron chi connectivity index (χ4n) is 2.11. The second-order valence-electron chi connectivity index (χ2n) is 4.81. The highest BCUT2D eigenvalue weighted by atomic mass is 15.5. The van der Waals surface area contributed by atoms with Gasteiger partial charge in [0, 0.05) is 30.5 Å². The third-order valence-corrected chi connectivity index (χ3v) is 3.31. The van der Waals surface area contributed by atoms with Gasteiger partial charge in [0.15, 0.2) is 0 Å². The van der Waals surface area contributed by atoms with E-state index in [-0.39, 0.29) is 0 Å². The van der Waals surface area contributed by atoms with Crippen molar-refractivity contribution in [2.45, 2.75) is 26.9 Å². The number of hydrogen-bond acceptors (Lipinski definition) is 5. The van der Waals surface area contributed by atoms with Crippen molar-refractivity contribution in [1.82, 2.24) is 30.0 Å². The van der Waals surface area contributed by atoms with Gasteiger partial charge in [0.25, 0.3) is 0 Å². The van der Waals surface area contributed by atoms with Crippen molar-refractivity contribution in [1.29, 1.82) is 0 Å². The predicted octanol–water partition coefficient (Wildman–Crippen LogP) is 1.80. The van der Waals surface area contributed by atoms with Gasteiger partial charge in [-0.2, -0.15) is 5.10 Å². The molecule has 0 bridgehead atoms. The van der Waals surface area contributed by atoms with Crippen LogP contribution in [0.15, 0.2) is 36.9 Å². The van der Waals surface area contributed by atoms with E-state index in [2.05, 4.69) is 38.9 Å². The molecule has 0 aliphatic carbocycles. The van der Waals surface area contributed by atoms with E-state index in [0.29, 0.717) is 0 Å². The van der Waals surface area contributed by atoms with Crippen LogP contribution >= 0.6 is 0 Å². The van der Waals surface area contributed by atoms with Crippen LogP contribution in [0.25, 0.3) is 5.69 Å². The minimum Gasteiger partial charge on any atom is -0.381 e. The lowest BCUT2D eigenvalue weighted by atomic mass is 10.2. The van der Waals surface area contributed by atoms with Crippen molar-refractivity contribution in [3.05, 3.63) is 48.0 Å². The standard InChI is InChI=1S/C14H17N7/c1-3-20-9-12(8-17-20)7-15-13-5-4-11(2)14(6-13)21-10-16-18-19-21/h4-6,8-10,15H,3,7H2,1-2H3. The molecule has 0 radical (unpaired) electrons. The third kappa shape index (κ3) is 2.91. The van der Waals surface area contributed by atoms with E-state index in [0.717, 1.165) is 35.6 Å². The summed E-state index contributed by atoms with van der Waals surface area (Å²) in [7, 11) is 0. The molecule has 3 rings (SSSR count). The molecule has 0 spiro atoms. The number of rotatable bonds is 5. The number of nitrogens with zero attached hydrogens (tertiary/aromatic N) is 6. The zero-order valence-electron chi connectivity index (χ0n) is 12.1. The van der Waals surface area contributed by atoms with Gasteiger partial charge < -0.3 is 5.32 Å². The molecule has 0 amide bonds. The molecule has 3 aromatic rings. The van der Waals surface area contributed by atoms with E-state index in [1.54, 1.807) is 11.0 Å². The maximum absolute atomic E-state index is 4.27. The van der Waals surface area contributed by atoms with E-state index in [9.17, 15) is 0 Å². The summed E-state index contributed by atoms with van der Waals surface area (Å²) in [6.45, 7) is 5.72. The Balaban J connectivity index is 1.75. The topological polar surface area (TPSA) is 73.5 Å². The van der Waals surface area contributed by atoms with Crippen molar-refractivity contribution in [3.63, 3.8) is 0 Å². The monoisotopic (exact) mass is 283 g/mol. The number of tetrazole rings is 1. The van der Waals surface area contributed by atoms with Crippen molar-refractivity contribution in [3.8, 4) is 5.69 Å². The Morgan fingerprint density at radius 1 is 1.29 bits per heavy atom. The summed E-state index contributed by atoms with van der Waals surface area (Å²) < 4.78 is 3.58. The Morgan fingerprint density at radius 3 is 2.90 bits per heavy atom. The largest absolute Gasteiger partial charge is 0.381 e. The maximum atomic E-state index is 4.27. The highest BCUT2D eigenvalue weighted by molar-refractivity contribution is 5.54. The second-order valence-corrected chi connectivity index (χ2v) is 4.81. The van der Waals surface area contributed by atoms with Gasteiger partial charge in [0.05, 0.1) is 11.9 Å². The Kier molecular flexibility index (Phi) is 3.63. The second kappa shape index (κ2) is 5.74. The lowest BCUT2D eigenvalue weighted by Gasteiger charge is -2.09. The lowest BCUT2D eigenvalue weighted by Crippen LogP contribution is -2.02. The Hall–Kier alpha value is -2.70. The smallest absolute Gasteiger partial charge is 0.143 e. The van der Waals surface area contributed by atoms with Crippen LogP contribution in [0.2, 0.25) is 0 Å². The van der Waals surface area contributed by atoms with Crippen molar-refractivity contribution in [2.24, 2.45) is 0 Å². The van der Waals surface area contributed by atoms with Gasteiger partial charge in [0.2, 0.25) is 0 Å². The molecule has 1 N–H and O–H groups in total. The van der Waals surface area contributed by atoms with Crippen LogP contribution < -0.4 is 5.32 Å². The fourth-order valence-corrected chi connectivity index (χ4v) is 2.11. The first-order valence-corrected chi connectivity index (χ1v) is 6.85. The van der Waals surface area contributed by atoms with Crippen LogP contribution in [0.5, 0.6) is 0 Å². The van der Waals surface area contributed by atoms with Gasteiger partial charge in [-0.1, -0.05) is 6.07 Å². The van der Waals surface area contributed by atoms with E-state index in [1.165, 1.54) is 0 Å². The summed E-state index contributed by atoms with van der Waals surface area (Å²) in [5, 5.41) is 18.9. The van der Waals surface area contributed by atoms with Crippen LogP contribution in [-0.2, 0) is 13.1 Å². The van der Waals surface area contributed by atoms with Crippen LogP contribution in [0.4, 0.5) is 5.69 Å². The molecule has 0 aliphatic heterocycles. The molecule has 1 aromatic carbocycles. The van der Waals surface area contributed by atoms with Crippen LogP contribution in [0.3, 0.4) is 0 Å². The summed E-state index contributed by atoms with van der Waals surface area (Å²) in [5.41, 5.74) is 4.26. The summed E-state index contributed by atoms with van der Waals surface area (Å²) in [6.07, 6.45) is 5.52. The van der Waals surface area contributed by atoms with E-state index >= 15 is 0 Å². The average molecular weight is 283 g/mol. The number of anilines is 1. The average Bonchev–Trinajstić information content (AvgIpc) is 3.18. The molecular formula is C14H17N7. The maximum Gasteiger partial charge on any atom is 0.143 e. The van der Waals surface area contributed by atoms with Crippen molar-refractivity contribution in [2.75, 3.05) is 5.32 Å². The van der Waals surface area contributed by atoms with Crippen molar-refractivity contribution < 1.29 is 0 Å². The van der Waals surface area contributed by atoms with E-state index in [1.807, 2.05) is 36.1 Å². The molecule has 0 fully saturated rings. The zero-order chi connectivity index (χ0) is 14.7. The quantitative estimate of drug-likeness (QED) is 0.773. The Labute approximate surface area is 122 Å². The minimum atomic E-state index is 0.734. The predicted molar refractivity (Wildman–Crippen MR) is 79.1 cm³/mol. The highest BCUT2D eigenvalue weighted by Crippen LogP contribution is 2.18. The number of aryl methyl sites for hydroxylation is 2. The molecule has 0 aliphatic rings. The van der Waals surface area contributed by atoms with E-state index in [4.69, 9.17) is 0 Å². The summed E-state index contributed by atoms with van der Waals surface area (Å²) in [5.74, 6) is 0. The Bertz CT molecular complexity index is 715.